The number of para-hydroxylation sites is 1. The second-order valence-electron chi connectivity index (χ2n) is 6.20. The van der Waals surface area contributed by atoms with Gasteiger partial charge in [0.15, 0.2) is 5.78 Å². The van der Waals surface area contributed by atoms with Gasteiger partial charge in [0.2, 0.25) is 0 Å². The lowest BCUT2D eigenvalue weighted by atomic mass is 10.1. The number of ketones is 1. The van der Waals surface area contributed by atoms with Crippen molar-refractivity contribution in [2.24, 2.45) is 0 Å². The third-order valence-electron chi connectivity index (χ3n) is 4.67. The average molecular weight is 335 g/mol. The smallest absolute Gasteiger partial charge is 0.183 e. The molecule has 0 amide bonds. The van der Waals surface area contributed by atoms with Crippen LogP contribution in [-0.2, 0) is 0 Å². The molecule has 1 heterocycles. The van der Waals surface area contributed by atoms with Crippen molar-refractivity contribution in [3.05, 3.63) is 59.8 Å². The summed E-state index contributed by atoms with van der Waals surface area (Å²) in [7, 11) is 0. The number of H-pyrrole nitrogens is 1. The number of carbonyl (C=O) groups is 1. The molecule has 0 aliphatic rings. The topological polar surface area (TPSA) is 48.1 Å². The van der Waals surface area contributed by atoms with E-state index in [9.17, 15) is 4.79 Å². The lowest BCUT2D eigenvalue weighted by molar-refractivity contribution is 0.101. The highest BCUT2D eigenvalue weighted by Gasteiger charge is 2.12. The molecule has 0 atom stereocenters. The highest BCUT2D eigenvalue weighted by Crippen LogP contribution is 2.23. The molecule has 4 heteroatoms. The molecule has 3 aromatic rings. The Morgan fingerprint density at radius 1 is 1.12 bits per heavy atom. The maximum atomic E-state index is 12.6. The van der Waals surface area contributed by atoms with Gasteiger partial charge in [0.05, 0.1) is 6.54 Å². The number of nitrogens with one attached hydrogen (secondary N) is 2. The molecule has 0 saturated heterocycles. The molecule has 0 fully saturated rings. The van der Waals surface area contributed by atoms with E-state index in [-0.39, 0.29) is 12.3 Å². The van der Waals surface area contributed by atoms with Crippen molar-refractivity contribution in [2.45, 2.75) is 20.8 Å². The van der Waals surface area contributed by atoms with Crippen molar-refractivity contribution in [3.8, 4) is 0 Å². The van der Waals surface area contributed by atoms with Gasteiger partial charge < -0.3 is 15.2 Å². The zero-order valence-electron chi connectivity index (χ0n) is 15.1. The van der Waals surface area contributed by atoms with Gasteiger partial charge in [-0.1, -0.05) is 18.2 Å². The Morgan fingerprint density at radius 3 is 2.60 bits per heavy atom. The number of aromatic nitrogens is 1. The summed E-state index contributed by atoms with van der Waals surface area (Å²) in [4.78, 5) is 18.1. The Labute approximate surface area is 148 Å². The quantitative estimate of drug-likeness (QED) is 0.620. The molecule has 0 spiro atoms. The molecule has 25 heavy (non-hydrogen) atoms. The number of hydrogen-bond donors (Lipinski definition) is 2. The Hall–Kier alpha value is -2.75. The van der Waals surface area contributed by atoms with Crippen LogP contribution in [0.3, 0.4) is 0 Å². The fourth-order valence-electron chi connectivity index (χ4n) is 3.20. The number of aromatic amines is 1. The van der Waals surface area contributed by atoms with Crippen LogP contribution in [0.4, 0.5) is 11.4 Å². The number of benzene rings is 2. The normalized spacial score (nSPS) is 10.8. The molecule has 0 aliphatic carbocycles. The van der Waals surface area contributed by atoms with Gasteiger partial charge >= 0.3 is 0 Å². The lowest BCUT2D eigenvalue weighted by Gasteiger charge is -2.22. The Bertz CT molecular complexity index is 878. The van der Waals surface area contributed by atoms with Crippen molar-refractivity contribution < 1.29 is 4.79 Å². The van der Waals surface area contributed by atoms with Gasteiger partial charge in [0.1, 0.15) is 0 Å². The van der Waals surface area contributed by atoms with Crippen molar-refractivity contribution in [2.75, 3.05) is 29.9 Å². The average Bonchev–Trinajstić information content (AvgIpc) is 3.06. The zero-order valence-corrected chi connectivity index (χ0v) is 15.1. The summed E-state index contributed by atoms with van der Waals surface area (Å²) in [5.74, 6) is 0.0877. The largest absolute Gasteiger partial charge is 0.377 e. The Balaban J connectivity index is 1.72. The van der Waals surface area contributed by atoms with Gasteiger partial charge in [-0.2, -0.15) is 0 Å². The van der Waals surface area contributed by atoms with Gasteiger partial charge in [-0.25, -0.2) is 0 Å². The number of nitrogens with zero attached hydrogens (tertiary/aromatic N) is 1. The summed E-state index contributed by atoms with van der Waals surface area (Å²) in [6.07, 6.45) is 1.80. The van der Waals surface area contributed by atoms with Crippen molar-refractivity contribution in [1.82, 2.24) is 4.98 Å². The van der Waals surface area contributed by atoms with Crippen LogP contribution in [0.5, 0.6) is 0 Å². The van der Waals surface area contributed by atoms with Crippen LogP contribution in [0.25, 0.3) is 10.9 Å². The summed E-state index contributed by atoms with van der Waals surface area (Å²) in [6, 6.07) is 14.2. The first-order valence-corrected chi connectivity index (χ1v) is 8.82. The Morgan fingerprint density at radius 2 is 1.88 bits per heavy atom. The van der Waals surface area contributed by atoms with Crippen LogP contribution in [-0.4, -0.2) is 30.4 Å². The summed E-state index contributed by atoms with van der Waals surface area (Å²) >= 11 is 0. The van der Waals surface area contributed by atoms with Gasteiger partial charge in [-0.05, 0) is 50.6 Å². The summed E-state index contributed by atoms with van der Waals surface area (Å²) in [5.41, 5.74) is 5.10. The molecule has 1 aromatic heterocycles. The van der Waals surface area contributed by atoms with Crippen molar-refractivity contribution in [3.63, 3.8) is 0 Å². The molecule has 130 valence electrons. The summed E-state index contributed by atoms with van der Waals surface area (Å²) in [5, 5.41) is 4.26. The van der Waals surface area contributed by atoms with Gasteiger partial charge in [0.25, 0.3) is 0 Å². The van der Waals surface area contributed by atoms with E-state index in [1.54, 1.807) is 6.20 Å². The number of fused-ring (bicyclic) bond motifs is 1. The number of anilines is 2. The second kappa shape index (κ2) is 7.43. The maximum absolute atomic E-state index is 12.6. The van der Waals surface area contributed by atoms with Crippen LogP contribution in [0.15, 0.2) is 48.7 Å². The standard InChI is InChI=1S/C21H25N3O/c1-4-24(5-2)16-10-11-19(15(3)12-16)23-14-21(25)18-13-22-20-9-7-6-8-17(18)20/h6-13,22-23H,4-5,14H2,1-3H3. The minimum absolute atomic E-state index is 0.0877. The second-order valence-corrected chi connectivity index (χ2v) is 6.20. The highest BCUT2D eigenvalue weighted by atomic mass is 16.1. The number of carbonyl (C=O) groups excluding carboxylic acids is 1. The third-order valence-corrected chi connectivity index (χ3v) is 4.67. The predicted octanol–water partition coefficient (Wildman–Crippen LogP) is 4.62. The van der Waals surface area contributed by atoms with Gasteiger partial charge in [0, 0.05) is 47.1 Å². The maximum Gasteiger partial charge on any atom is 0.183 e. The molecule has 0 radical (unpaired) electrons. The summed E-state index contributed by atoms with van der Waals surface area (Å²) < 4.78 is 0. The minimum Gasteiger partial charge on any atom is -0.377 e. The number of hydrogen-bond acceptors (Lipinski definition) is 3. The highest BCUT2D eigenvalue weighted by molar-refractivity contribution is 6.09. The molecule has 2 aromatic carbocycles. The number of aryl methyl sites for hydroxylation is 1. The van der Waals surface area contributed by atoms with Crippen LogP contribution in [0.2, 0.25) is 0 Å². The van der Waals surface area contributed by atoms with Crippen LogP contribution in [0.1, 0.15) is 29.8 Å². The fourth-order valence-corrected chi connectivity index (χ4v) is 3.20. The molecular weight excluding hydrogens is 310 g/mol. The zero-order chi connectivity index (χ0) is 17.8. The first-order valence-electron chi connectivity index (χ1n) is 8.82. The SMILES string of the molecule is CCN(CC)c1ccc(NCC(=O)c2c[nH]c3ccccc23)c(C)c1. The Kier molecular flexibility index (Phi) is 5.08. The van der Waals surface area contributed by atoms with Crippen LogP contribution >= 0.6 is 0 Å². The molecular formula is C21H25N3O. The number of Topliss-reactive ketones (excluding diaryl/α,β-unsaturated/α-hetero) is 1. The number of rotatable bonds is 7. The molecule has 0 unspecified atom stereocenters. The predicted molar refractivity (Wildman–Crippen MR) is 106 cm³/mol. The molecule has 0 bridgehead atoms. The third kappa shape index (κ3) is 3.53. The van der Waals surface area contributed by atoms with E-state index in [0.717, 1.165) is 40.8 Å². The van der Waals surface area contributed by atoms with E-state index in [0.29, 0.717) is 0 Å². The lowest BCUT2D eigenvalue weighted by Crippen LogP contribution is -2.22. The minimum atomic E-state index is 0.0877. The fraction of sp³-hybridized carbons (Fsp3) is 0.286. The van der Waals surface area contributed by atoms with Crippen molar-refractivity contribution >= 4 is 28.1 Å². The first-order chi connectivity index (χ1) is 12.1. The molecule has 3 rings (SSSR count). The van der Waals surface area contributed by atoms with E-state index in [1.165, 1.54) is 5.69 Å². The first kappa shape index (κ1) is 17.1. The van der Waals surface area contributed by atoms with E-state index >= 15 is 0 Å². The molecule has 2 N–H and O–H groups in total. The molecule has 0 saturated carbocycles. The molecule has 4 nitrogen and oxygen atoms in total. The monoisotopic (exact) mass is 335 g/mol. The summed E-state index contributed by atoms with van der Waals surface area (Å²) in [6.45, 7) is 8.65. The van der Waals surface area contributed by atoms with Crippen molar-refractivity contribution in [1.29, 1.82) is 0 Å². The van der Waals surface area contributed by atoms with E-state index in [1.807, 2.05) is 24.3 Å². The van der Waals surface area contributed by atoms with Crippen LogP contribution in [0, 0.1) is 6.92 Å². The van der Waals surface area contributed by atoms with Gasteiger partial charge in [-0.15, -0.1) is 0 Å². The van der Waals surface area contributed by atoms with E-state index in [4.69, 9.17) is 0 Å². The van der Waals surface area contributed by atoms with E-state index < -0.39 is 0 Å². The van der Waals surface area contributed by atoms with Gasteiger partial charge in [-0.3, -0.25) is 4.79 Å². The van der Waals surface area contributed by atoms with Crippen LogP contribution < -0.4 is 10.2 Å². The molecule has 0 aliphatic heterocycles. The van der Waals surface area contributed by atoms with E-state index in [2.05, 4.69) is 54.2 Å².